The Hall–Kier alpha value is -1.02. The van der Waals surface area contributed by atoms with Crippen molar-refractivity contribution in [2.45, 2.75) is 40.0 Å². The van der Waals surface area contributed by atoms with Crippen LogP contribution in [0, 0.1) is 19.3 Å². The zero-order valence-electron chi connectivity index (χ0n) is 12.9. The monoisotopic (exact) mass is 260 g/mol. The van der Waals surface area contributed by atoms with E-state index in [9.17, 15) is 0 Å². The maximum absolute atomic E-state index is 3.58. The first kappa shape index (κ1) is 14.4. The molecule has 1 heterocycles. The van der Waals surface area contributed by atoms with Crippen molar-refractivity contribution < 1.29 is 0 Å². The molecule has 0 spiro atoms. The highest BCUT2D eigenvalue weighted by Crippen LogP contribution is 2.33. The van der Waals surface area contributed by atoms with Gasteiger partial charge in [-0.15, -0.1) is 0 Å². The first-order valence-corrected chi connectivity index (χ1v) is 7.55. The van der Waals surface area contributed by atoms with Gasteiger partial charge >= 0.3 is 0 Å². The molecule has 0 aliphatic carbocycles. The first-order valence-electron chi connectivity index (χ1n) is 7.55. The summed E-state index contributed by atoms with van der Waals surface area (Å²) in [7, 11) is 2.24. The molecule has 2 heteroatoms. The van der Waals surface area contributed by atoms with Gasteiger partial charge in [0.15, 0.2) is 0 Å². The lowest BCUT2D eigenvalue weighted by molar-refractivity contribution is 0.207. The number of aryl methyl sites for hydroxylation is 2. The number of hydrogen-bond acceptors (Lipinski definition) is 2. The fraction of sp³-hybridized carbons (Fsp3) is 0.647. The van der Waals surface area contributed by atoms with Gasteiger partial charge in [-0.2, -0.15) is 0 Å². The van der Waals surface area contributed by atoms with E-state index in [4.69, 9.17) is 0 Å². The molecule has 2 rings (SSSR count). The number of anilines is 1. The van der Waals surface area contributed by atoms with Crippen LogP contribution >= 0.6 is 0 Å². The summed E-state index contributed by atoms with van der Waals surface area (Å²) in [4.78, 5) is 2.45. The van der Waals surface area contributed by atoms with E-state index >= 15 is 0 Å². The maximum atomic E-state index is 3.58. The minimum atomic E-state index is 0.449. The number of rotatable bonds is 4. The molecule has 0 radical (unpaired) electrons. The second-order valence-electron chi connectivity index (χ2n) is 6.28. The van der Waals surface area contributed by atoms with Crippen LogP contribution in [0.15, 0.2) is 18.2 Å². The summed E-state index contributed by atoms with van der Waals surface area (Å²) in [5.74, 6) is 0. The number of nitrogens with zero attached hydrogens (tertiary/aromatic N) is 1. The topological polar surface area (TPSA) is 15.3 Å². The van der Waals surface area contributed by atoms with Gasteiger partial charge in [0.2, 0.25) is 0 Å². The normalized spacial score (nSPS) is 23.4. The van der Waals surface area contributed by atoms with Crippen LogP contribution in [0.3, 0.4) is 0 Å². The largest absolute Gasteiger partial charge is 0.374 e. The summed E-state index contributed by atoms with van der Waals surface area (Å²) >= 11 is 0. The predicted molar refractivity (Wildman–Crippen MR) is 84.0 cm³/mol. The second-order valence-corrected chi connectivity index (χ2v) is 6.28. The molecule has 1 aromatic rings. The van der Waals surface area contributed by atoms with Crippen molar-refractivity contribution in [2.75, 3.05) is 31.6 Å². The fourth-order valence-electron chi connectivity index (χ4n) is 3.40. The smallest absolute Gasteiger partial charge is 0.0393 e. The van der Waals surface area contributed by atoms with Crippen LogP contribution in [0.25, 0.3) is 0 Å². The highest BCUT2D eigenvalue weighted by molar-refractivity contribution is 5.54. The Balaban J connectivity index is 2.12. The van der Waals surface area contributed by atoms with Crippen LogP contribution in [0.2, 0.25) is 0 Å². The molecule has 1 N–H and O–H groups in total. The molecule has 19 heavy (non-hydrogen) atoms. The standard InChI is InChI=1S/C17H28N2/c1-5-17(9-6-10-18-12-17)13-19(4)16-8-7-14(2)11-15(16)3/h7-8,11,18H,5-6,9-10,12-13H2,1-4H3. The number of piperidine rings is 1. The summed E-state index contributed by atoms with van der Waals surface area (Å²) in [5, 5.41) is 3.58. The Kier molecular flexibility index (Phi) is 4.51. The third kappa shape index (κ3) is 3.30. The van der Waals surface area contributed by atoms with Crippen molar-refractivity contribution in [1.29, 1.82) is 0 Å². The van der Waals surface area contributed by atoms with Gasteiger partial charge in [0, 0.05) is 31.2 Å². The minimum absolute atomic E-state index is 0.449. The average molecular weight is 260 g/mol. The third-order valence-corrected chi connectivity index (χ3v) is 4.65. The van der Waals surface area contributed by atoms with Crippen molar-refractivity contribution >= 4 is 5.69 Å². The number of hydrogen-bond donors (Lipinski definition) is 1. The van der Waals surface area contributed by atoms with Crippen LogP contribution in [-0.4, -0.2) is 26.7 Å². The molecule has 1 unspecified atom stereocenters. The molecule has 106 valence electrons. The number of nitrogens with one attached hydrogen (secondary N) is 1. The van der Waals surface area contributed by atoms with Crippen LogP contribution in [0.5, 0.6) is 0 Å². The molecule has 1 aliphatic heterocycles. The average Bonchev–Trinajstić information content (AvgIpc) is 2.39. The van der Waals surface area contributed by atoms with Crippen molar-refractivity contribution in [3.63, 3.8) is 0 Å². The van der Waals surface area contributed by atoms with Crippen molar-refractivity contribution in [1.82, 2.24) is 5.32 Å². The molecular formula is C17H28N2. The van der Waals surface area contributed by atoms with E-state index < -0.39 is 0 Å². The molecule has 1 aliphatic rings. The van der Waals surface area contributed by atoms with Gasteiger partial charge in [-0.1, -0.05) is 24.6 Å². The summed E-state index contributed by atoms with van der Waals surface area (Å²) in [6.07, 6.45) is 3.93. The fourth-order valence-corrected chi connectivity index (χ4v) is 3.40. The van der Waals surface area contributed by atoms with E-state index in [1.807, 2.05) is 0 Å². The van der Waals surface area contributed by atoms with Crippen molar-refractivity contribution in [3.8, 4) is 0 Å². The molecule has 1 aromatic carbocycles. The number of benzene rings is 1. The SMILES string of the molecule is CCC1(CN(C)c2ccc(C)cc2C)CCCNC1. The Labute approximate surface area is 118 Å². The van der Waals surface area contributed by atoms with Crippen LogP contribution < -0.4 is 10.2 Å². The van der Waals surface area contributed by atoms with E-state index in [0.717, 1.165) is 6.54 Å². The highest BCUT2D eigenvalue weighted by atomic mass is 15.1. The van der Waals surface area contributed by atoms with Gasteiger partial charge < -0.3 is 10.2 Å². The molecule has 1 fully saturated rings. The van der Waals surface area contributed by atoms with Crippen molar-refractivity contribution in [3.05, 3.63) is 29.3 Å². The lowest BCUT2D eigenvalue weighted by Crippen LogP contribution is -2.46. The lowest BCUT2D eigenvalue weighted by Gasteiger charge is -2.41. The van der Waals surface area contributed by atoms with E-state index in [1.54, 1.807) is 0 Å². The highest BCUT2D eigenvalue weighted by Gasteiger charge is 2.31. The first-order chi connectivity index (χ1) is 9.06. The van der Waals surface area contributed by atoms with Gasteiger partial charge in [-0.05, 0) is 51.3 Å². The van der Waals surface area contributed by atoms with Crippen LogP contribution in [-0.2, 0) is 0 Å². The quantitative estimate of drug-likeness (QED) is 0.891. The Bertz CT molecular complexity index is 419. The summed E-state index contributed by atoms with van der Waals surface area (Å²) in [5.41, 5.74) is 4.56. The van der Waals surface area contributed by atoms with Gasteiger partial charge in [-0.3, -0.25) is 0 Å². The van der Waals surface area contributed by atoms with Gasteiger partial charge in [0.1, 0.15) is 0 Å². The van der Waals surface area contributed by atoms with E-state index in [-0.39, 0.29) is 0 Å². The summed E-state index contributed by atoms with van der Waals surface area (Å²) < 4.78 is 0. The molecule has 1 atom stereocenters. The van der Waals surface area contributed by atoms with E-state index in [0.29, 0.717) is 5.41 Å². The van der Waals surface area contributed by atoms with Crippen molar-refractivity contribution in [2.24, 2.45) is 5.41 Å². The molecule has 1 saturated heterocycles. The lowest BCUT2D eigenvalue weighted by atomic mass is 9.78. The zero-order valence-corrected chi connectivity index (χ0v) is 12.9. The minimum Gasteiger partial charge on any atom is -0.374 e. The van der Waals surface area contributed by atoms with Gasteiger partial charge in [0.05, 0.1) is 0 Å². The molecule has 0 amide bonds. The predicted octanol–water partition coefficient (Wildman–Crippen LogP) is 3.52. The summed E-state index contributed by atoms with van der Waals surface area (Å²) in [6, 6.07) is 6.77. The molecule has 0 saturated carbocycles. The Morgan fingerprint density at radius 2 is 2.11 bits per heavy atom. The zero-order chi connectivity index (χ0) is 13.9. The van der Waals surface area contributed by atoms with Gasteiger partial charge in [-0.25, -0.2) is 0 Å². The Morgan fingerprint density at radius 1 is 1.32 bits per heavy atom. The second kappa shape index (κ2) is 5.96. The summed E-state index contributed by atoms with van der Waals surface area (Å²) in [6.45, 7) is 10.2. The third-order valence-electron chi connectivity index (χ3n) is 4.65. The van der Waals surface area contributed by atoms with Crippen LogP contribution in [0.4, 0.5) is 5.69 Å². The molecule has 0 bridgehead atoms. The Morgan fingerprint density at radius 3 is 2.68 bits per heavy atom. The van der Waals surface area contributed by atoms with Crippen LogP contribution in [0.1, 0.15) is 37.3 Å². The van der Waals surface area contributed by atoms with E-state index in [2.05, 4.69) is 56.2 Å². The molecule has 0 aromatic heterocycles. The van der Waals surface area contributed by atoms with Gasteiger partial charge in [0.25, 0.3) is 0 Å². The maximum Gasteiger partial charge on any atom is 0.0393 e. The molecule has 2 nitrogen and oxygen atoms in total. The van der Waals surface area contributed by atoms with E-state index in [1.165, 1.54) is 49.2 Å². The molecular weight excluding hydrogens is 232 g/mol.